The van der Waals surface area contributed by atoms with E-state index in [4.69, 9.17) is 4.74 Å². The first kappa shape index (κ1) is 25.7. The molecule has 3 heterocycles. The van der Waals surface area contributed by atoms with Gasteiger partial charge in [0.2, 0.25) is 5.91 Å². The minimum absolute atomic E-state index is 0.181. The Kier molecular flexibility index (Phi) is 7.76. The summed E-state index contributed by atoms with van der Waals surface area (Å²) in [6, 6.07) is 9.22. The number of aromatic nitrogens is 2. The molecule has 9 nitrogen and oxygen atoms in total. The molecule has 3 amide bonds. The highest BCUT2D eigenvalue weighted by atomic mass is 19.1. The number of aryl methyl sites for hydroxylation is 1. The van der Waals surface area contributed by atoms with Crippen LogP contribution in [0.3, 0.4) is 0 Å². The molecule has 0 saturated carbocycles. The van der Waals surface area contributed by atoms with Crippen molar-refractivity contribution in [3.05, 3.63) is 88.3 Å². The van der Waals surface area contributed by atoms with Crippen molar-refractivity contribution in [1.82, 2.24) is 25.5 Å². The third-order valence-corrected chi connectivity index (χ3v) is 6.16. The fraction of sp³-hybridized carbons (Fsp3) is 0.296. The van der Waals surface area contributed by atoms with Gasteiger partial charge < -0.3 is 20.3 Å². The number of hydrogen-bond donors (Lipinski definition) is 2. The van der Waals surface area contributed by atoms with Crippen LogP contribution < -0.4 is 15.4 Å². The minimum Gasteiger partial charge on any atom is -0.487 e. The van der Waals surface area contributed by atoms with Crippen LogP contribution in [0.25, 0.3) is 0 Å². The molecule has 2 aromatic heterocycles. The lowest BCUT2D eigenvalue weighted by molar-refractivity contribution is -0.118. The molecule has 0 fully saturated rings. The maximum absolute atomic E-state index is 13.2. The molecule has 10 heteroatoms. The number of carbonyl (C=O) groups excluding carboxylic acids is 3. The number of rotatable bonds is 9. The zero-order valence-electron chi connectivity index (χ0n) is 20.9. The van der Waals surface area contributed by atoms with Crippen LogP contribution in [-0.2, 0) is 17.9 Å². The van der Waals surface area contributed by atoms with Gasteiger partial charge in [0.1, 0.15) is 23.9 Å². The predicted molar refractivity (Wildman–Crippen MR) is 133 cm³/mol. The molecular weight excluding hydrogens is 477 g/mol. The van der Waals surface area contributed by atoms with Gasteiger partial charge in [0, 0.05) is 43.9 Å². The van der Waals surface area contributed by atoms with Crippen molar-refractivity contribution in [2.24, 2.45) is 0 Å². The van der Waals surface area contributed by atoms with Crippen LogP contribution in [0.5, 0.6) is 5.75 Å². The summed E-state index contributed by atoms with van der Waals surface area (Å²) in [4.78, 5) is 47.3. The van der Waals surface area contributed by atoms with E-state index in [2.05, 4.69) is 20.6 Å². The van der Waals surface area contributed by atoms with Gasteiger partial charge in [-0.3, -0.25) is 24.4 Å². The average molecular weight is 506 g/mol. The minimum atomic E-state index is -0.402. The lowest BCUT2D eigenvalue weighted by atomic mass is 10.1. The van der Waals surface area contributed by atoms with Crippen molar-refractivity contribution in [1.29, 1.82) is 0 Å². The number of fused-ring (bicyclic) bond motifs is 1. The topological polar surface area (TPSA) is 114 Å². The summed E-state index contributed by atoms with van der Waals surface area (Å²) in [5.41, 5.74) is 3.56. The number of ether oxygens (including phenoxy) is 1. The van der Waals surface area contributed by atoms with Gasteiger partial charge in [-0.1, -0.05) is 12.1 Å². The predicted octanol–water partition coefficient (Wildman–Crippen LogP) is 3.09. The number of halogens is 1. The zero-order chi connectivity index (χ0) is 26.5. The smallest absolute Gasteiger partial charge is 0.270 e. The molecule has 1 aliphatic heterocycles. The number of nitrogens with one attached hydrogen (secondary N) is 2. The van der Waals surface area contributed by atoms with E-state index in [1.54, 1.807) is 29.3 Å². The monoisotopic (exact) mass is 505 g/mol. The summed E-state index contributed by atoms with van der Waals surface area (Å²) in [7, 11) is 0. The highest BCUT2D eigenvalue weighted by Gasteiger charge is 2.35. The van der Waals surface area contributed by atoms with Gasteiger partial charge in [-0.05, 0) is 49.2 Å². The van der Waals surface area contributed by atoms with Gasteiger partial charge in [-0.25, -0.2) is 4.39 Å². The zero-order valence-corrected chi connectivity index (χ0v) is 20.9. The Bertz CT molecular complexity index is 1330. The summed E-state index contributed by atoms with van der Waals surface area (Å²) in [6.07, 6.45) is 3.07. The van der Waals surface area contributed by atoms with E-state index in [0.29, 0.717) is 29.1 Å². The van der Waals surface area contributed by atoms with Gasteiger partial charge in [-0.2, -0.15) is 0 Å². The molecule has 1 unspecified atom stereocenters. The molecule has 192 valence electrons. The number of nitrogens with zero attached hydrogens (tertiary/aromatic N) is 3. The van der Waals surface area contributed by atoms with E-state index in [0.717, 1.165) is 11.1 Å². The van der Waals surface area contributed by atoms with Crippen molar-refractivity contribution < 1.29 is 23.5 Å². The van der Waals surface area contributed by atoms with E-state index >= 15 is 0 Å². The van der Waals surface area contributed by atoms with Gasteiger partial charge in [-0.15, -0.1) is 0 Å². The third kappa shape index (κ3) is 5.91. The van der Waals surface area contributed by atoms with E-state index in [9.17, 15) is 18.8 Å². The molecule has 1 aromatic carbocycles. The van der Waals surface area contributed by atoms with Crippen LogP contribution >= 0.6 is 0 Å². The molecule has 0 spiro atoms. The Balaban J connectivity index is 1.43. The summed E-state index contributed by atoms with van der Waals surface area (Å²) in [5.74, 6) is -0.489. The van der Waals surface area contributed by atoms with Crippen molar-refractivity contribution in [2.75, 3.05) is 13.1 Å². The van der Waals surface area contributed by atoms with E-state index in [1.807, 2.05) is 19.9 Å². The second-order valence-electron chi connectivity index (χ2n) is 8.82. The molecule has 4 rings (SSSR count). The molecular formula is C27H28FN5O4. The summed E-state index contributed by atoms with van der Waals surface area (Å²) < 4.78 is 19.0. The van der Waals surface area contributed by atoms with Gasteiger partial charge >= 0.3 is 0 Å². The highest BCUT2D eigenvalue weighted by Crippen LogP contribution is 2.33. The van der Waals surface area contributed by atoms with E-state index < -0.39 is 5.91 Å². The Hall–Kier alpha value is -4.34. The second-order valence-corrected chi connectivity index (χ2v) is 8.82. The molecule has 0 radical (unpaired) electrons. The Morgan fingerprint density at radius 2 is 1.86 bits per heavy atom. The molecule has 0 aliphatic carbocycles. The van der Waals surface area contributed by atoms with Crippen molar-refractivity contribution in [3.63, 3.8) is 0 Å². The molecule has 1 aliphatic rings. The van der Waals surface area contributed by atoms with Gasteiger partial charge in [0.05, 0.1) is 17.9 Å². The van der Waals surface area contributed by atoms with E-state index in [1.165, 1.54) is 25.3 Å². The lowest BCUT2D eigenvalue weighted by Gasteiger charge is -2.24. The molecule has 1 atom stereocenters. The van der Waals surface area contributed by atoms with Crippen LogP contribution in [0.1, 0.15) is 63.1 Å². The number of amides is 3. The first-order valence-electron chi connectivity index (χ1n) is 11.9. The summed E-state index contributed by atoms with van der Waals surface area (Å²) >= 11 is 0. The lowest BCUT2D eigenvalue weighted by Crippen LogP contribution is -2.34. The Morgan fingerprint density at radius 3 is 2.57 bits per heavy atom. The maximum atomic E-state index is 13.2. The fourth-order valence-corrected chi connectivity index (χ4v) is 4.10. The van der Waals surface area contributed by atoms with Crippen molar-refractivity contribution >= 4 is 17.7 Å². The standard InChI is InChI=1S/C27H28FN5O4/c1-16-12-23(32-13-24(16)37-15-19-4-6-20(28)7-5-19)17(2)33-14-22-21(27(33)36)8-9-30-25(22)26(35)31-11-10-29-18(3)34/h4-9,12-13,17H,10-11,14-15H2,1-3H3,(H,29,34)(H,31,35). The second kappa shape index (κ2) is 11.2. The first-order valence-corrected chi connectivity index (χ1v) is 11.9. The number of hydrogen-bond acceptors (Lipinski definition) is 6. The summed E-state index contributed by atoms with van der Waals surface area (Å²) in [6.45, 7) is 6.22. The summed E-state index contributed by atoms with van der Waals surface area (Å²) in [5, 5.41) is 5.34. The number of benzene rings is 1. The Morgan fingerprint density at radius 1 is 1.14 bits per heavy atom. The number of carbonyl (C=O) groups is 3. The average Bonchev–Trinajstić information content (AvgIpc) is 3.22. The highest BCUT2D eigenvalue weighted by molar-refractivity contribution is 6.03. The van der Waals surface area contributed by atoms with Gasteiger partial charge in [0.15, 0.2) is 0 Å². The first-order chi connectivity index (χ1) is 17.7. The maximum Gasteiger partial charge on any atom is 0.270 e. The van der Waals surface area contributed by atoms with Gasteiger partial charge in [0.25, 0.3) is 11.8 Å². The van der Waals surface area contributed by atoms with Crippen LogP contribution in [0.2, 0.25) is 0 Å². The molecule has 0 bridgehead atoms. The number of pyridine rings is 2. The third-order valence-electron chi connectivity index (χ3n) is 6.16. The normalized spacial score (nSPS) is 13.2. The quantitative estimate of drug-likeness (QED) is 0.432. The molecule has 37 heavy (non-hydrogen) atoms. The Labute approximate surface area is 214 Å². The molecule has 2 N–H and O–H groups in total. The van der Waals surface area contributed by atoms with Crippen molar-refractivity contribution in [3.8, 4) is 5.75 Å². The van der Waals surface area contributed by atoms with Crippen molar-refractivity contribution in [2.45, 2.75) is 40.0 Å². The fourth-order valence-electron chi connectivity index (χ4n) is 4.10. The van der Waals surface area contributed by atoms with Crippen LogP contribution in [-0.4, -0.2) is 45.7 Å². The van der Waals surface area contributed by atoms with Crippen LogP contribution in [0.15, 0.2) is 48.8 Å². The van der Waals surface area contributed by atoms with Crippen LogP contribution in [0, 0.1) is 12.7 Å². The molecule has 3 aromatic rings. The SMILES string of the molecule is CC(=O)NCCNC(=O)c1nccc2c1CN(C(C)c1cc(C)c(OCc3ccc(F)cc3)cn1)C2=O. The largest absolute Gasteiger partial charge is 0.487 e. The van der Waals surface area contributed by atoms with Crippen LogP contribution in [0.4, 0.5) is 4.39 Å². The molecule has 0 saturated heterocycles. The van der Waals surface area contributed by atoms with E-state index in [-0.39, 0.29) is 49.1 Å².